The molecule has 2 N–H and O–H groups in total. The molecule has 1 unspecified atom stereocenters. The quantitative estimate of drug-likeness (QED) is 0.890. The lowest BCUT2D eigenvalue weighted by molar-refractivity contribution is 0.582. The molecule has 3 heteroatoms. The maximum Gasteiger partial charge on any atom is 0.147 e. The number of aryl methyl sites for hydroxylation is 1. The van der Waals surface area contributed by atoms with Crippen LogP contribution >= 0.6 is 0 Å². The van der Waals surface area contributed by atoms with E-state index in [0.717, 1.165) is 24.1 Å². The van der Waals surface area contributed by atoms with Gasteiger partial charge in [0.2, 0.25) is 0 Å². The topological polar surface area (TPSA) is 29.3 Å². The van der Waals surface area contributed by atoms with Gasteiger partial charge < -0.3 is 10.6 Å². The van der Waals surface area contributed by atoms with Crippen LogP contribution in [0.2, 0.25) is 0 Å². The van der Waals surface area contributed by atoms with Gasteiger partial charge in [0.25, 0.3) is 0 Å². The molecule has 0 saturated heterocycles. The Balaban J connectivity index is 2.07. The normalized spacial score (nSPS) is 19.2. The highest BCUT2D eigenvalue weighted by Gasteiger charge is 2.26. The van der Waals surface area contributed by atoms with Crippen molar-refractivity contribution in [2.75, 3.05) is 4.90 Å². The molecule has 0 amide bonds. The van der Waals surface area contributed by atoms with Crippen molar-refractivity contribution < 1.29 is 4.39 Å². The summed E-state index contributed by atoms with van der Waals surface area (Å²) in [5, 5.41) is 0. The Labute approximate surface area is 125 Å². The number of nitrogens with two attached hydrogens (primary N) is 1. The summed E-state index contributed by atoms with van der Waals surface area (Å²) in [5.74, 6) is -0.201. The lowest BCUT2D eigenvalue weighted by Gasteiger charge is -2.37. The molecule has 0 saturated carbocycles. The number of hydrogen-bond acceptors (Lipinski definition) is 2. The van der Waals surface area contributed by atoms with Gasteiger partial charge in [0.15, 0.2) is 0 Å². The van der Waals surface area contributed by atoms with Crippen LogP contribution in [-0.2, 0) is 6.42 Å². The van der Waals surface area contributed by atoms with Crippen molar-refractivity contribution in [1.82, 2.24) is 0 Å². The fourth-order valence-electron chi connectivity index (χ4n) is 3.06. The van der Waals surface area contributed by atoms with Crippen LogP contribution in [0.15, 0.2) is 42.5 Å². The molecule has 0 fully saturated rings. The molecule has 1 heterocycles. The highest BCUT2D eigenvalue weighted by Crippen LogP contribution is 2.38. The van der Waals surface area contributed by atoms with Crippen LogP contribution in [0, 0.1) is 5.82 Å². The molecule has 1 aliphatic rings. The van der Waals surface area contributed by atoms with Crippen molar-refractivity contribution in [3.8, 4) is 0 Å². The fourth-order valence-corrected chi connectivity index (χ4v) is 3.06. The van der Waals surface area contributed by atoms with Crippen molar-refractivity contribution in [2.45, 2.75) is 38.8 Å². The zero-order valence-electron chi connectivity index (χ0n) is 12.5. The summed E-state index contributed by atoms with van der Waals surface area (Å²) in [6, 6.07) is 13.7. The third-order valence-corrected chi connectivity index (χ3v) is 4.28. The average molecular weight is 284 g/mol. The summed E-state index contributed by atoms with van der Waals surface area (Å²) in [6.07, 6.45) is 2.08. The van der Waals surface area contributed by atoms with E-state index in [1.165, 1.54) is 5.56 Å². The molecule has 0 radical (unpaired) electrons. The molecule has 2 atom stereocenters. The molecule has 0 spiro atoms. The molecule has 2 aromatic rings. The van der Waals surface area contributed by atoms with Crippen LogP contribution in [0.4, 0.5) is 15.8 Å². The van der Waals surface area contributed by atoms with Gasteiger partial charge in [-0.15, -0.1) is 0 Å². The Morgan fingerprint density at radius 1 is 1.19 bits per heavy atom. The van der Waals surface area contributed by atoms with Crippen molar-refractivity contribution >= 4 is 11.4 Å². The highest BCUT2D eigenvalue weighted by atomic mass is 19.1. The Morgan fingerprint density at radius 3 is 2.67 bits per heavy atom. The first kappa shape index (κ1) is 14.1. The van der Waals surface area contributed by atoms with Crippen LogP contribution in [0.1, 0.15) is 37.4 Å². The number of rotatable bonds is 2. The second kappa shape index (κ2) is 5.49. The second-order valence-corrected chi connectivity index (χ2v) is 5.89. The molecule has 2 nitrogen and oxygen atoms in total. The molecule has 21 heavy (non-hydrogen) atoms. The number of benzene rings is 2. The van der Waals surface area contributed by atoms with Crippen LogP contribution < -0.4 is 10.6 Å². The van der Waals surface area contributed by atoms with Crippen LogP contribution in [-0.4, -0.2) is 6.04 Å². The Hall–Kier alpha value is -1.87. The number of nitrogens with zero attached hydrogens (tertiary/aromatic N) is 1. The monoisotopic (exact) mass is 284 g/mol. The van der Waals surface area contributed by atoms with Gasteiger partial charge >= 0.3 is 0 Å². The van der Waals surface area contributed by atoms with Gasteiger partial charge in [-0.2, -0.15) is 0 Å². The van der Waals surface area contributed by atoms with Crippen LogP contribution in [0.3, 0.4) is 0 Å². The number of hydrogen-bond donors (Lipinski definition) is 1. The minimum atomic E-state index is -0.201. The lowest BCUT2D eigenvalue weighted by atomic mass is 9.95. The Morgan fingerprint density at radius 2 is 1.95 bits per heavy atom. The number of fused-ring (bicyclic) bond motifs is 1. The van der Waals surface area contributed by atoms with Crippen molar-refractivity contribution in [3.63, 3.8) is 0 Å². The summed E-state index contributed by atoms with van der Waals surface area (Å²) in [7, 11) is 0. The standard InChI is InChI=1S/C18H21FN2/c1-12-7-8-14-5-3-4-6-17(14)21(12)18-10-9-15(13(2)20)11-16(18)19/h3-6,9-13H,7-8,20H2,1-2H3/t12?,13-/m1/s1. The highest BCUT2D eigenvalue weighted by molar-refractivity contribution is 5.69. The smallest absolute Gasteiger partial charge is 0.147 e. The second-order valence-electron chi connectivity index (χ2n) is 5.89. The first-order valence-corrected chi connectivity index (χ1v) is 7.50. The summed E-state index contributed by atoms with van der Waals surface area (Å²) in [6.45, 7) is 4.02. The first-order valence-electron chi connectivity index (χ1n) is 7.50. The molecular formula is C18H21FN2. The largest absolute Gasteiger partial charge is 0.336 e. The third kappa shape index (κ3) is 2.54. The fraction of sp³-hybridized carbons (Fsp3) is 0.333. The molecular weight excluding hydrogens is 263 g/mol. The van der Waals surface area contributed by atoms with Gasteiger partial charge in [-0.25, -0.2) is 4.39 Å². The van der Waals surface area contributed by atoms with Crippen LogP contribution in [0.25, 0.3) is 0 Å². The minimum absolute atomic E-state index is 0.153. The third-order valence-electron chi connectivity index (χ3n) is 4.28. The zero-order chi connectivity index (χ0) is 15.0. The van der Waals surface area contributed by atoms with Gasteiger partial charge in [-0.05, 0) is 56.0 Å². The lowest BCUT2D eigenvalue weighted by Crippen LogP contribution is -2.33. The van der Waals surface area contributed by atoms with E-state index in [1.807, 2.05) is 31.2 Å². The molecule has 2 aromatic carbocycles. The van der Waals surface area contributed by atoms with Crippen molar-refractivity contribution in [3.05, 3.63) is 59.4 Å². The summed E-state index contributed by atoms with van der Waals surface area (Å²) < 4.78 is 14.6. The summed E-state index contributed by atoms with van der Waals surface area (Å²) in [4.78, 5) is 2.11. The molecule has 110 valence electrons. The van der Waals surface area contributed by atoms with E-state index in [4.69, 9.17) is 5.73 Å². The van der Waals surface area contributed by atoms with E-state index in [-0.39, 0.29) is 17.9 Å². The predicted molar refractivity (Wildman–Crippen MR) is 85.4 cm³/mol. The van der Waals surface area contributed by atoms with Crippen molar-refractivity contribution in [1.29, 1.82) is 0 Å². The van der Waals surface area contributed by atoms with Gasteiger partial charge in [0.1, 0.15) is 5.82 Å². The average Bonchev–Trinajstić information content (AvgIpc) is 2.48. The van der Waals surface area contributed by atoms with E-state index in [0.29, 0.717) is 5.69 Å². The summed E-state index contributed by atoms with van der Waals surface area (Å²) in [5.41, 5.74) is 9.70. The van der Waals surface area contributed by atoms with Gasteiger partial charge in [0, 0.05) is 17.8 Å². The SMILES string of the molecule is CC1CCc2ccccc2N1c1ccc([C@@H](C)N)cc1F. The predicted octanol–water partition coefficient (Wildman–Crippen LogP) is 4.32. The molecule has 0 aromatic heterocycles. The number of para-hydroxylation sites is 1. The number of anilines is 2. The van der Waals surface area contributed by atoms with Crippen LogP contribution in [0.5, 0.6) is 0 Å². The van der Waals surface area contributed by atoms with Gasteiger partial charge in [-0.1, -0.05) is 24.3 Å². The molecule has 0 aliphatic carbocycles. The Kier molecular flexibility index (Phi) is 3.68. The maximum atomic E-state index is 14.6. The van der Waals surface area contributed by atoms with E-state index < -0.39 is 0 Å². The van der Waals surface area contributed by atoms with E-state index >= 15 is 0 Å². The minimum Gasteiger partial charge on any atom is -0.336 e. The van der Waals surface area contributed by atoms with Crippen molar-refractivity contribution in [2.24, 2.45) is 5.73 Å². The summed E-state index contributed by atoms with van der Waals surface area (Å²) >= 11 is 0. The van der Waals surface area contributed by atoms with Gasteiger partial charge in [-0.3, -0.25) is 0 Å². The first-order chi connectivity index (χ1) is 10.1. The number of halogens is 1. The molecule has 3 rings (SSSR count). The van der Waals surface area contributed by atoms with Gasteiger partial charge in [0.05, 0.1) is 5.69 Å². The zero-order valence-corrected chi connectivity index (χ0v) is 12.5. The maximum absolute atomic E-state index is 14.6. The molecule has 1 aliphatic heterocycles. The molecule has 0 bridgehead atoms. The van der Waals surface area contributed by atoms with E-state index in [9.17, 15) is 4.39 Å². The van der Waals surface area contributed by atoms with E-state index in [2.05, 4.69) is 24.0 Å². The van der Waals surface area contributed by atoms with E-state index in [1.54, 1.807) is 6.07 Å². The Bertz CT molecular complexity index is 651.